The predicted octanol–water partition coefficient (Wildman–Crippen LogP) is 7.26. The van der Waals surface area contributed by atoms with Crippen LogP contribution in [0, 0.1) is 0 Å². The molecule has 0 fully saturated rings. The quantitative estimate of drug-likeness (QED) is 0.101. The molecule has 4 aromatic carbocycles. The summed E-state index contributed by atoms with van der Waals surface area (Å²) in [6.07, 6.45) is 4.27. The van der Waals surface area contributed by atoms with Crippen LogP contribution in [-0.2, 0) is 31.9 Å². The molecule has 0 saturated carbocycles. The van der Waals surface area contributed by atoms with E-state index in [1.807, 2.05) is 73.9 Å². The molecular formula is C35H32BBrCl2N2O6. The van der Waals surface area contributed by atoms with Gasteiger partial charge in [0.15, 0.2) is 0 Å². The van der Waals surface area contributed by atoms with Crippen molar-refractivity contribution in [2.45, 2.75) is 19.8 Å². The Hall–Kier alpha value is -4.06. The zero-order valence-corrected chi connectivity index (χ0v) is 28.7. The Morgan fingerprint density at radius 2 is 1.34 bits per heavy atom. The highest BCUT2D eigenvalue weighted by Gasteiger charge is 2.12. The third-order valence-corrected chi connectivity index (χ3v) is 7.97. The molecule has 0 aliphatic carbocycles. The van der Waals surface area contributed by atoms with Gasteiger partial charge in [0, 0.05) is 48.7 Å². The van der Waals surface area contributed by atoms with Crippen molar-refractivity contribution < 1.29 is 29.1 Å². The number of carbonyl (C=O) groups excluding carboxylic acids is 2. The highest BCUT2D eigenvalue weighted by molar-refractivity contribution is 9.10. The van der Waals surface area contributed by atoms with E-state index in [0.29, 0.717) is 28.5 Å². The number of nitrogens with one attached hydrogen (secondary N) is 2. The second-order valence-corrected chi connectivity index (χ2v) is 12.0. The fourth-order valence-electron chi connectivity index (χ4n) is 4.73. The molecule has 2 aromatic heterocycles. The number of aromatic amines is 2. The van der Waals surface area contributed by atoms with Crippen LogP contribution in [-0.4, -0.2) is 52.8 Å². The van der Waals surface area contributed by atoms with E-state index in [4.69, 9.17) is 38.0 Å². The van der Waals surface area contributed by atoms with E-state index in [-0.39, 0.29) is 18.4 Å². The summed E-state index contributed by atoms with van der Waals surface area (Å²) in [5.41, 5.74) is 6.46. The lowest BCUT2D eigenvalue weighted by atomic mass is 9.81. The Kier molecular flexibility index (Phi) is 13.1. The molecule has 4 N–H and O–H groups in total. The second kappa shape index (κ2) is 17.2. The summed E-state index contributed by atoms with van der Waals surface area (Å²) in [4.78, 5) is 29.2. The zero-order valence-electron chi connectivity index (χ0n) is 25.6. The monoisotopic (exact) mass is 736 g/mol. The highest BCUT2D eigenvalue weighted by atomic mass is 79.9. The molecular weight excluding hydrogens is 706 g/mol. The van der Waals surface area contributed by atoms with Crippen molar-refractivity contribution in [1.29, 1.82) is 0 Å². The minimum Gasteiger partial charge on any atom is -0.469 e. The first-order valence-corrected chi connectivity index (χ1v) is 16.1. The van der Waals surface area contributed by atoms with Crippen molar-refractivity contribution in [3.63, 3.8) is 0 Å². The third-order valence-electron chi connectivity index (χ3n) is 7.00. The normalized spacial score (nSPS) is 10.4. The van der Waals surface area contributed by atoms with E-state index in [0.717, 1.165) is 48.5 Å². The van der Waals surface area contributed by atoms with Gasteiger partial charge in [0.05, 0.1) is 26.6 Å². The van der Waals surface area contributed by atoms with Crippen molar-refractivity contribution in [3.05, 3.63) is 123 Å². The van der Waals surface area contributed by atoms with Crippen molar-refractivity contribution >= 4 is 85.5 Å². The highest BCUT2D eigenvalue weighted by Crippen LogP contribution is 2.28. The van der Waals surface area contributed by atoms with Crippen LogP contribution >= 0.6 is 39.1 Å². The van der Waals surface area contributed by atoms with Crippen LogP contribution in [0.25, 0.3) is 32.9 Å². The first kappa shape index (κ1) is 35.8. The molecule has 47 heavy (non-hydrogen) atoms. The first-order chi connectivity index (χ1) is 22.6. The average Bonchev–Trinajstić information content (AvgIpc) is 3.64. The van der Waals surface area contributed by atoms with E-state index in [1.54, 1.807) is 18.2 Å². The van der Waals surface area contributed by atoms with E-state index >= 15 is 0 Å². The third kappa shape index (κ3) is 10.2. The van der Waals surface area contributed by atoms with Gasteiger partial charge in [0.25, 0.3) is 0 Å². The minimum atomic E-state index is -1.43. The van der Waals surface area contributed by atoms with E-state index in [2.05, 4.69) is 36.7 Å². The molecule has 2 heterocycles. The molecule has 0 saturated heterocycles. The number of hydrogen-bond donors (Lipinski definition) is 4. The number of halogens is 3. The van der Waals surface area contributed by atoms with Gasteiger partial charge in [0.1, 0.15) is 0 Å². The van der Waals surface area contributed by atoms with Crippen LogP contribution in [0.2, 0.25) is 10.0 Å². The van der Waals surface area contributed by atoms with Gasteiger partial charge in [-0.2, -0.15) is 0 Å². The maximum absolute atomic E-state index is 11.7. The van der Waals surface area contributed by atoms with Crippen molar-refractivity contribution in [3.8, 4) is 11.1 Å². The van der Waals surface area contributed by atoms with Gasteiger partial charge < -0.3 is 29.5 Å². The smallest absolute Gasteiger partial charge is 0.469 e. The van der Waals surface area contributed by atoms with E-state index in [1.165, 1.54) is 13.2 Å². The number of benzene rings is 4. The van der Waals surface area contributed by atoms with Crippen LogP contribution in [0.1, 0.15) is 18.1 Å². The number of rotatable bonds is 7. The Morgan fingerprint density at radius 1 is 0.766 bits per heavy atom. The summed E-state index contributed by atoms with van der Waals surface area (Å²) < 4.78 is 10.7. The molecule has 0 bridgehead atoms. The van der Waals surface area contributed by atoms with Crippen LogP contribution in [0.4, 0.5) is 0 Å². The molecule has 0 aliphatic rings. The summed E-state index contributed by atoms with van der Waals surface area (Å²) in [6.45, 7) is 2.21. The molecule has 0 aliphatic heterocycles. The molecule has 0 spiro atoms. The van der Waals surface area contributed by atoms with Crippen LogP contribution < -0.4 is 5.46 Å². The Bertz CT molecular complexity index is 1980. The molecule has 12 heteroatoms. The van der Waals surface area contributed by atoms with Crippen molar-refractivity contribution in [2.75, 3.05) is 13.7 Å². The minimum absolute atomic E-state index is 0.212. The maximum Gasteiger partial charge on any atom is 0.488 e. The SMILES string of the molecule is CCOC(=O)Cc1c[nH]c2ccc(-c3cccc(Cl)c3)cc12.COC(=O)Cc1c[nH]c2ccc(Br)cc12.OB(O)c1cccc(Cl)c1. The summed E-state index contributed by atoms with van der Waals surface area (Å²) in [5.74, 6) is -0.438. The topological polar surface area (TPSA) is 125 Å². The maximum atomic E-state index is 11.7. The van der Waals surface area contributed by atoms with Crippen LogP contribution in [0.5, 0.6) is 0 Å². The summed E-state index contributed by atoms with van der Waals surface area (Å²) in [7, 11) is -0.0358. The average molecular weight is 738 g/mol. The van der Waals surface area contributed by atoms with Gasteiger partial charge in [-0.15, -0.1) is 0 Å². The van der Waals surface area contributed by atoms with Crippen molar-refractivity contribution in [2.24, 2.45) is 0 Å². The van der Waals surface area contributed by atoms with Gasteiger partial charge in [-0.1, -0.05) is 69.5 Å². The second-order valence-electron chi connectivity index (χ2n) is 10.3. The Morgan fingerprint density at radius 3 is 1.91 bits per heavy atom. The van der Waals surface area contributed by atoms with E-state index in [9.17, 15) is 9.59 Å². The first-order valence-electron chi connectivity index (χ1n) is 14.5. The number of ether oxygens (including phenoxy) is 2. The number of carbonyl (C=O) groups is 2. The van der Waals surface area contributed by atoms with Gasteiger partial charge in [-0.25, -0.2) is 0 Å². The van der Waals surface area contributed by atoms with Gasteiger partial charge in [-0.05, 0) is 89.2 Å². The molecule has 6 rings (SSSR count). The lowest BCUT2D eigenvalue weighted by molar-refractivity contribution is -0.142. The van der Waals surface area contributed by atoms with Crippen molar-refractivity contribution in [1.82, 2.24) is 9.97 Å². The Balaban J connectivity index is 0.000000173. The zero-order chi connectivity index (χ0) is 33.9. The molecule has 0 amide bonds. The van der Waals surface area contributed by atoms with E-state index < -0.39 is 7.12 Å². The number of fused-ring (bicyclic) bond motifs is 2. The summed E-state index contributed by atoms with van der Waals surface area (Å²) in [6, 6.07) is 26.2. The lowest BCUT2D eigenvalue weighted by Gasteiger charge is -2.04. The number of esters is 2. The molecule has 242 valence electrons. The van der Waals surface area contributed by atoms with Gasteiger partial charge in [-0.3, -0.25) is 9.59 Å². The number of H-pyrrole nitrogens is 2. The molecule has 0 unspecified atom stereocenters. The van der Waals surface area contributed by atoms with Gasteiger partial charge in [0.2, 0.25) is 0 Å². The summed E-state index contributed by atoms with van der Waals surface area (Å²) in [5, 5.41) is 20.6. The predicted molar refractivity (Wildman–Crippen MR) is 192 cm³/mol. The largest absolute Gasteiger partial charge is 0.488 e. The molecule has 0 radical (unpaired) electrons. The molecule has 0 atom stereocenters. The number of hydrogen-bond acceptors (Lipinski definition) is 6. The summed E-state index contributed by atoms with van der Waals surface area (Å²) >= 11 is 15.0. The Labute approximate surface area is 290 Å². The fraction of sp³-hybridized carbons (Fsp3) is 0.143. The number of methoxy groups -OCH3 is 1. The fourth-order valence-corrected chi connectivity index (χ4v) is 5.48. The molecule has 6 aromatic rings. The number of aromatic nitrogens is 2. The van der Waals surface area contributed by atoms with Gasteiger partial charge >= 0.3 is 19.1 Å². The molecule has 8 nitrogen and oxygen atoms in total. The van der Waals surface area contributed by atoms with Crippen LogP contribution in [0.15, 0.2) is 102 Å². The standard InChI is InChI=1S/C18H16ClNO2.C11H10BrNO2.C6H6BClO2/c1-2-22-18(21)10-14-11-20-17-7-6-13(9-16(14)17)12-4-3-5-15(19)8-12;1-15-11(14)4-7-6-13-10-3-2-8(12)5-9(7)10;8-6-3-1-2-5(4-6)7(9)10/h3-9,11,20H,2,10H2,1H3;2-3,5-6,13H,4H2,1H3;1-4,9-10H. The van der Waals surface area contributed by atoms with Crippen LogP contribution in [0.3, 0.4) is 0 Å². The lowest BCUT2D eigenvalue weighted by Crippen LogP contribution is -2.29.